The largest absolute Gasteiger partial charge is 0.573 e. The van der Waals surface area contributed by atoms with Gasteiger partial charge >= 0.3 is 6.36 Å². The van der Waals surface area contributed by atoms with Gasteiger partial charge in [0.1, 0.15) is 35.7 Å². The highest BCUT2D eigenvalue weighted by molar-refractivity contribution is 5.96. The van der Waals surface area contributed by atoms with E-state index in [9.17, 15) is 37.1 Å². The van der Waals surface area contributed by atoms with Gasteiger partial charge in [0.2, 0.25) is 23.6 Å². The van der Waals surface area contributed by atoms with Crippen molar-refractivity contribution >= 4 is 29.5 Å². The van der Waals surface area contributed by atoms with Gasteiger partial charge in [-0.3, -0.25) is 24.0 Å². The maximum absolute atomic E-state index is 13.5. The molecule has 4 N–H and O–H groups in total. The third-order valence-corrected chi connectivity index (χ3v) is 7.80. The molecule has 0 radical (unpaired) electrons. The van der Waals surface area contributed by atoms with Crippen LogP contribution >= 0.6 is 0 Å². The Morgan fingerprint density at radius 2 is 1.77 bits per heavy atom. The van der Waals surface area contributed by atoms with Crippen molar-refractivity contribution in [2.24, 2.45) is 5.92 Å². The van der Waals surface area contributed by atoms with Crippen molar-refractivity contribution < 1.29 is 46.6 Å². The summed E-state index contributed by atoms with van der Waals surface area (Å²) in [5.74, 6) is -3.17. The molecule has 0 saturated carbocycles. The van der Waals surface area contributed by atoms with E-state index in [0.29, 0.717) is 36.3 Å². The van der Waals surface area contributed by atoms with E-state index in [1.54, 1.807) is 38.1 Å². The molecule has 15 heteroatoms. The van der Waals surface area contributed by atoms with Gasteiger partial charge < -0.3 is 35.6 Å². The Morgan fingerprint density at radius 3 is 2.45 bits per heavy atom. The third-order valence-electron chi connectivity index (χ3n) is 7.80. The highest BCUT2D eigenvalue weighted by Gasteiger charge is 2.39. The summed E-state index contributed by atoms with van der Waals surface area (Å²) >= 11 is 0. The summed E-state index contributed by atoms with van der Waals surface area (Å²) in [5, 5.41) is 10.6. The molecule has 5 amide bonds. The number of benzene rings is 2. The lowest BCUT2D eigenvalue weighted by Crippen LogP contribution is -2.58. The second-order valence-electron chi connectivity index (χ2n) is 11.8. The maximum Gasteiger partial charge on any atom is 0.573 e. The number of nitrogens with one attached hydrogen (secondary N) is 4. The van der Waals surface area contributed by atoms with Gasteiger partial charge in [-0.2, -0.15) is 0 Å². The molecule has 3 aliphatic heterocycles. The van der Waals surface area contributed by atoms with Gasteiger partial charge in [0, 0.05) is 19.5 Å². The lowest BCUT2D eigenvalue weighted by molar-refractivity contribution is -0.274. The van der Waals surface area contributed by atoms with E-state index in [-0.39, 0.29) is 25.5 Å². The average molecular weight is 662 g/mol. The predicted octanol–water partition coefficient (Wildman–Crippen LogP) is 1.96. The fraction of sp³-hybridized carbons (Fsp3) is 0.469. The molecule has 0 unspecified atom stereocenters. The van der Waals surface area contributed by atoms with Crippen molar-refractivity contribution in [3.8, 4) is 11.5 Å². The van der Waals surface area contributed by atoms with Gasteiger partial charge in [-0.1, -0.05) is 38.1 Å². The number of carbonyl (C=O) groups excluding carboxylic acids is 5. The van der Waals surface area contributed by atoms with Gasteiger partial charge in [-0.25, -0.2) is 0 Å². The Morgan fingerprint density at radius 1 is 1.04 bits per heavy atom. The minimum absolute atomic E-state index is 0.0111. The standard InChI is InChI=1S/C32H38F3N5O7/c1-18(2)27-31(45)40-13-5-8-25(40)30(44)37-19(3)28(42)38-24(15-20-9-11-22(12-10-20)46-17-26(41)39-27)29(43)36-16-21-6-4-7-23(14-21)47-32(33,34)35/h4,6-7,9-12,14,18-19,24-25,27H,5,8,13,15-17H2,1-3H3,(H,36,43)(H,37,44)(H,38,42)(H,39,41)/t19-,24-,25+,27-/m0/s1. The van der Waals surface area contributed by atoms with Crippen LogP contribution in [0.15, 0.2) is 48.5 Å². The Balaban J connectivity index is 1.54. The molecule has 0 aromatic heterocycles. The number of hydrogen-bond acceptors (Lipinski definition) is 7. The van der Waals surface area contributed by atoms with Crippen LogP contribution in [0.5, 0.6) is 11.5 Å². The molecule has 2 aromatic carbocycles. The number of carbonyl (C=O) groups is 5. The molecule has 47 heavy (non-hydrogen) atoms. The fourth-order valence-corrected chi connectivity index (χ4v) is 5.36. The summed E-state index contributed by atoms with van der Waals surface area (Å²) in [6.07, 6.45) is -3.96. The highest BCUT2D eigenvalue weighted by Crippen LogP contribution is 2.24. The second-order valence-corrected chi connectivity index (χ2v) is 11.8. The molecule has 1 saturated heterocycles. The van der Waals surface area contributed by atoms with E-state index in [1.807, 2.05) is 0 Å². The van der Waals surface area contributed by atoms with Gasteiger partial charge in [0.25, 0.3) is 5.91 Å². The fourth-order valence-electron chi connectivity index (χ4n) is 5.36. The molecule has 2 bridgehead atoms. The summed E-state index contributed by atoms with van der Waals surface area (Å²) in [5.41, 5.74) is 0.938. The average Bonchev–Trinajstić information content (AvgIpc) is 3.50. The minimum Gasteiger partial charge on any atom is -0.484 e. The van der Waals surface area contributed by atoms with E-state index in [2.05, 4.69) is 26.0 Å². The van der Waals surface area contributed by atoms with Crippen molar-refractivity contribution in [3.05, 3.63) is 59.7 Å². The summed E-state index contributed by atoms with van der Waals surface area (Å²) < 4.78 is 47.5. The molecule has 5 rings (SSSR count). The summed E-state index contributed by atoms with van der Waals surface area (Å²) in [6.45, 7) is 4.77. The van der Waals surface area contributed by atoms with E-state index in [4.69, 9.17) is 4.74 Å². The van der Waals surface area contributed by atoms with E-state index in [1.165, 1.54) is 24.0 Å². The molecule has 3 heterocycles. The van der Waals surface area contributed by atoms with Crippen LogP contribution in [0.2, 0.25) is 0 Å². The lowest BCUT2D eigenvalue weighted by Gasteiger charge is -2.31. The quantitative estimate of drug-likeness (QED) is 0.382. The first-order valence-electron chi connectivity index (χ1n) is 15.2. The van der Waals surface area contributed by atoms with Gasteiger partial charge in [0.05, 0.1) is 0 Å². The molecule has 1 fully saturated rings. The topological polar surface area (TPSA) is 155 Å². The molecular formula is C32H38F3N5O7. The zero-order valence-electron chi connectivity index (χ0n) is 26.2. The van der Waals surface area contributed by atoms with Crippen molar-refractivity contribution in [3.63, 3.8) is 0 Å². The van der Waals surface area contributed by atoms with Crippen LogP contribution in [0.1, 0.15) is 44.7 Å². The first kappa shape index (κ1) is 35.0. The first-order chi connectivity index (χ1) is 22.2. The maximum atomic E-state index is 13.5. The Labute approximate surface area is 269 Å². The summed E-state index contributed by atoms with van der Waals surface area (Å²) in [6, 6.07) is 7.58. The summed E-state index contributed by atoms with van der Waals surface area (Å²) in [7, 11) is 0. The molecule has 3 aliphatic rings. The zero-order valence-corrected chi connectivity index (χ0v) is 26.2. The molecule has 2 aromatic rings. The van der Waals surface area contributed by atoms with E-state index in [0.717, 1.165) is 12.1 Å². The molecular weight excluding hydrogens is 623 g/mol. The number of ether oxygens (including phenoxy) is 2. The normalized spacial score (nSPS) is 23.0. The third kappa shape index (κ3) is 9.83. The number of nitrogens with zero attached hydrogens (tertiary/aromatic N) is 1. The number of hydrogen-bond donors (Lipinski definition) is 4. The monoisotopic (exact) mass is 661 g/mol. The highest BCUT2D eigenvalue weighted by atomic mass is 19.4. The van der Waals surface area contributed by atoms with E-state index >= 15 is 0 Å². The molecule has 4 atom stereocenters. The first-order valence-corrected chi connectivity index (χ1v) is 15.2. The van der Waals surface area contributed by atoms with Crippen molar-refractivity contribution in [1.29, 1.82) is 0 Å². The lowest BCUT2D eigenvalue weighted by atomic mass is 10.0. The van der Waals surface area contributed by atoms with Crippen molar-refractivity contribution in [2.45, 2.75) is 77.1 Å². The molecule has 12 nitrogen and oxygen atoms in total. The SMILES string of the molecule is CC(C)[C@@H]1NC(=O)COc2ccc(cc2)C[C@@H](C(=O)NCc2cccc(OC(F)(F)F)c2)NC(=O)[C@H](C)NC(=O)[C@H]2CCCN2C1=O. The number of halogens is 3. The Hall–Kier alpha value is -4.82. The number of alkyl halides is 3. The van der Waals surface area contributed by atoms with Crippen LogP contribution in [-0.4, -0.2) is 78.1 Å². The van der Waals surface area contributed by atoms with E-state index < -0.39 is 65.8 Å². The number of fused-ring (bicyclic) bond motifs is 13. The molecule has 0 spiro atoms. The van der Waals surface area contributed by atoms with Gasteiger partial charge in [0.15, 0.2) is 6.61 Å². The smallest absolute Gasteiger partial charge is 0.484 e. The second kappa shape index (κ2) is 15.2. The van der Waals surface area contributed by atoms with Crippen LogP contribution < -0.4 is 30.7 Å². The minimum atomic E-state index is -4.88. The Kier molecular flexibility index (Phi) is 11.3. The van der Waals surface area contributed by atoms with Gasteiger partial charge in [-0.05, 0) is 61.1 Å². The van der Waals surface area contributed by atoms with Crippen LogP contribution in [0.3, 0.4) is 0 Å². The number of amides is 5. The number of rotatable bonds is 5. The van der Waals surface area contributed by atoms with Crippen molar-refractivity contribution in [2.75, 3.05) is 13.2 Å². The molecule has 254 valence electrons. The zero-order chi connectivity index (χ0) is 34.3. The predicted molar refractivity (Wildman–Crippen MR) is 162 cm³/mol. The Bertz CT molecular complexity index is 1470. The van der Waals surface area contributed by atoms with Gasteiger partial charge in [-0.15, -0.1) is 13.2 Å². The van der Waals surface area contributed by atoms with Crippen LogP contribution in [0.25, 0.3) is 0 Å². The molecule has 0 aliphatic carbocycles. The van der Waals surface area contributed by atoms with Crippen LogP contribution in [-0.2, 0) is 36.9 Å². The van der Waals surface area contributed by atoms with Crippen molar-refractivity contribution in [1.82, 2.24) is 26.2 Å². The van der Waals surface area contributed by atoms with Crippen LogP contribution in [0.4, 0.5) is 13.2 Å². The summed E-state index contributed by atoms with van der Waals surface area (Å²) in [4.78, 5) is 67.6. The van der Waals surface area contributed by atoms with Crippen LogP contribution in [0, 0.1) is 5.92 Å².